The van der Waals surface area contributed by atoms with Gasteiger partial charge < -0.3 is 14.4 Å². The minimum absolute atomic E-state index is 0.0850. The van der Waals surface area contributed by atoms with E-state index in [0.29, 0.717) is 31.9 Å². The van der Waals surface area contributed by atoms with E-state index in [1.165, 1.54) is 0 Å². The van der Waals surface area contributed by atoms with Crippen molar-refractivity contribution >= 4 is 10.0 Å². The van der Waals surface area contributed by atoms with Crippen LogP contribution >= 0.6 is 0 Å². The van der Waals surface area contributed by atoms with E-state index in [1.807, 2.05) is 14.0 Å². The van der Waals surface area contributed by atoms with Gasteiger partial charge in [0.15, 0.2) is 0 Å². The summed E-state index contributed by atoms with van der Waals surface area (Å²) in [6.07, 6.45) is 0.752. The Morgan fingerprint density at radius 3 is 2.73 bits per heavy atom. The van der Waals surface area contributed by atoms with Crippen LogP contribution in [0.15, 0.2) is 29.2 Å². The molecule has 1 N–H and O–H groups in total. The van der Waals surface area contributed by atoms with E-state index in [1.54, 1.807) is 24.3 Å². The first-order chi connectivity index (χ1) is 10.5. The molecule has 0 spiro atoms. The van der Waals surface area contributed by atoms with Crippen molar-refractivity contribution in [1.82, 2.24) is 9.62 Å². The van der Waals surface area contributed by atoms with Gasteiger partial charge in [-0.2, -0.15) is 0 Å². The summed E-state index contributed by atoms with van der Waals surface area (Å²) in [5, 5.41) is 0. The van der Waals surface area contributed by atoms with Crippen molar-refractivity contribution in [2.75, 3.05) is 39.9 Å². The fourth-order valence-corrected chi connectivity index (χ4v) is 3.41. The summed E-state index contributed by atoms with van der Waals surface area (Å²) in [5.41, 5.74) is 0. The number of sulfonamides is 1. The van der Waals surface area contributed by atoms with Gasteiger partial charge in [-0.25, -0.2) is 13.1 Å². The topological polar surface area (TPSA) is 67.9 Å². The van der Waals surface area contributed by atoms with E-state index in [2.05, 4.69) is 9.62 Å². The van der Waals surface area contributed by atoms with Gasteiger partial charge in [0.2, 0.25) is 10.0 Å². The third-order valence-corrected chi connectivity index (χ3v) is 5.02. The van der Waals surface area contributed by atoms with Gasteiger partial charge in [-0.3, -0.25) is 0 Å². The number of hydrogen-bond donors (Lipinski definition) is 1. The zero-order valence-corrected chi connectivity index (χ0v) is 13.9. The van der Waals surface area contributed by atoms with Crippen LogP contribution < -0.4 is 9.46 Å². The summed E-state index contributed by atoms with van der Waals surface area (Å²) in [4.78, 5) is 2.44. The molecule has 1 atom stereocenters. The first-order valence-electron chi connectivity index (χ1n) is 7.54. The standard InChI is InChI=1S/C15H24N2O4S/c1-3-20-13-4-6-15(7-5-13)22(18,19)16-9-8-14-12-17(2)10-11-21-14/h4-7,14,16H,3,8-12H2,1-2H3. The normalized spacial score (nSPS) is 20.0. The molecule has 0 radical (unpaired) electrons. The lowest BCUT2D eigenvalue weighted by atomic mass is 10.2. The highest BCUT2D eigenvalue weighted by Gasteiger charge is 2.19. The second kappa shape index (κ2) is 7.92. The molecule has 1 heterocycles. The average Bonchev–Trinajstić information content (AvgIpc) is 2.48. The lowest BCUT2D eigenvalue weighted by Crippen LogP contribution is -2.41. The maximum absolute atomic E-state index is 12.2. The van der Waals surface area contributed by atoms with Crippen LogP contribution in [0.3, 0.4) is 0 Å². The van der Waals surface area contributed by atoms with E-state index in [0.717, 1.165) is 13.1 Å². The SMILES string of the molecule is CCOc1ccc(S(=O)(=O)NCCC2CN(C)CCO2)cc1. The van der Waals surface area contributed by atoms with Gasteiger partial charge in [-0.05, 0) is 44.7 Å². The van der Waals surface area contributed by atoms with Gasteiger partial charge in [-0.15, -0.1) is 0 Å². The summed E-state index contributed by atoms with van der Waals surface area (Å²) in [6, 6.07) is 6.44. The van der Waals surface area contributed by atoms with Crippen LogP contribution in [0, 0.1) is 0 Å². The summed E-state index contributed by atoms with van der Waals surface area (Å²) in [7, 11) is -1.44. The summed E-state index contributed by atoms with van der Waals surface area (Å²) in [5.74, 6) is 0.667. The predicted molar refractivity (Wildman–Crippen MR) is 84.7 cm³/mol. The predicted octanol–water partition coefficient (Wildman–Crippen LogP) is 1.08. The number of hydrogen-bond acceptors (Lipinski definition) is 5. The van der Waals surface area contributed by atoms with Crippen LogP contribution in [0.1, 0.15) is 13.3 Å². The summed E-state index contributed by atoms with van der Waals surface area (Å²) < 4.78 is 38.0. The Morgan fingerprint density at radius 2 is 2.09 bits per heavy atom. The molecule has 1 fully saturated rings. The van der Waals surface area contributed by atoms with Gasteiger partial charge in [-0.1, -0.05) is 0 Å². The molecule has 22 heavy (non-hydrogen) atoms. The molecule has 0 bridgehead atoms. The van der Waals surface area contributed by atoms with E-state index in [-0.39, 0.29) is 11.0 Å². The Morgan fingerprint density at radius 1 is 1.36 bits per heavy atom. The van der Waals surface area contributed by atoms with Gasteiger partial charge in [0.1, 0.15) is 5.75 Å². The van der Waals surface area contributed by atoms with Crippen LogP contribution in [-0.2, 0) is 14.8 Å². The highest BCUT2D eigenvalue weighted by molar-refractivity contribution is 7.89. The van der Waals surface area contributed by atoms with E-state index < -0.39 is 10.0 Å². The van der Waals surface area contributed by atoms with Crippen molar-refractivity contribution in [3.05, 3.63) is 24.3 Å². The van der Waals surface area contributed by atoms with E-state index >= 15 is 0 Å². The molecule has 1 aliphatic rings. The van der Waals surface area contributed by atoms with Gasteiger partial charge in [0.25, 0.3) is 0 Å². The molecule has 6 nitrogen and oxygen atoms in total. The Hall–Kier alpha value is -1.15. The molecule has 2 rings (SSSR count). The summed E-state index contributed by atoms with van der Waals surface area (Å²) in [6.45, 7) is 5.28. The quantitative estimate of drug-likeness (QED) is 0.811. The van der Waals surface area contributed by atoms with Crippen LogP contribution in [0.25, 0.3) is 0 Å². The van der Waals surface area contributed by atoms with Crippen molar-refractivity contribution in [3.8, 4) is 5.75 Å². The zero-order chi connectivity index (χ0) is 16.0. The molecule has 1 saturated heterocycles. The largest absolute Gasteiger partial charge is 0.494 e. The van der Waals surface area contributed by atoms with Crippen LogP contribution in [0.4, 0.5) is 0 Å². The van der Waals surface area contributed by atoms with Gasteiger partial charge >= 0.3 is 0 Å². The van der Waals surface area contributed by atoms with Crippen molar-refractivity contribution in [1.29, 1.82) is 0 Å². The minimum Gasteiger partial charge on any atom is -0.494 e. The maximum atomic E-state index is 12.2. The highest BCUT2D eigenvalue weighted by Crippen LogP contribution is 2.16. The molecule has 0 saturated carbocycles. The second-order valence-electron chi connectivity index (χ2n) is 5.35. The Balaban J connectivity index is 1.85. The van der Waals surface area contributed by atoms with E-state index in [4.69, 9.17) is 9.47 Å². The Labute approximate surface area is 132 Å². The molecule has 1 aromatic carbocycles. The zero-order valence-electron chi connectivity index (χ0n) is 13.1. The maximum Gasteiger partial charge on any atom is 0.240 e. The fourth-order valence-electron chi connectivity index (χ4n) is 2.36. The van der Waals surface area contributed by atoms with E-state index in [9.17, 15) is 8.42 Å². The number of nitrogens with zero attached hydrogens (tertiary/aromatic N) is 1. The first kappa shape index (κ1) is 17.2. The number of benzene rings is 1. The Bertz CT molecular complexity index is 559. The molecule has 1 aromatic rings. The first-order valence-corrected chi connectivity index (χ1v) is 9.02. The molecule has 1 aliphatic heterocycles. The lowest BCUT2D eigenvalue weighted by Gasteiger charge is -2.30. The number of rotatable bonds is 7. The van der Waals surface area contributed by atoms with Gasteiger partial charge in [0.05, 0.1) is 24.2 Å². The van der Waals surface area contributed by atoms with Crippen LogP contribution in [0.2, 0.25) is 0 Å². The Kier molecular flexibility index (Phi) is 6.19. The second-order valence-corrected chi connectivity index (χ2v) is 7.11. The minimum atomic E-state index is -3.48. The van der Waals surface area contributed by atoms with Gasteiger partial charge in [0, 0.05) is 19.6 Å². The highest BCUT2D eigenvalue weighted by atomic mass is 32.2. The molecule has 0 aliphatic carbocycles. The lowest BCUT2D eigenvalue weighted by molar-refractivity contribution is -0.0222. The van der Waals surface area contributed by atoms with Crippen molar-refractivity contribution in [2.24, 2.45) is 0 Å². The average molecular weight is 328 g/mol. The molecular weight excluding hydrogens is 304 g/mol. The number of nitrogens with one attached hydrogen (secondary N) is 1. The monoisotopic (exact) mass is 328 g/mol. The fraction of sp³-hybridized carbons (Fsp3) is 0.600. The number of morpholine rings is 1. The van der Waals surface area contributed by atoms with Crippen molar-refractivity contribution in [2.45, 2.75) is 24.3 Å². The van der Waals surface area contributed by atoms with Crippen molar-refractivity contribution in [3.63, 3.8) is 0 Å². The molecular formula is C15H24N2O4S. The summed E-state index contributed by atoms with van der Waals surface area (Å²) >= 11 is 0. The smallest absolute Gasteiger partial charge is 0.240 e. The molecule has 124 valence electrons. The number of likely N-dealkylation sites (N-methyl/N-ethyl adjacent to an activating group) is 1. The third kappa shape index (κ3) is 4.95. The molecule has 1 unspecified atom stereocenters. The molecule has 0 amide bonds. The number of ether oxygens (including phenoxy) is 2. The third-order valence-electron chi connectivity index (χ3n) is 3.55. The van der Waals surface area contributed by atoms with Crippen molar-refractivity contribution < 1.29 is 17.9 Å². The van der Waals surface area contributed by atoms with Crippen LogP contribution in [-0.4, -0.2) is 59.3 Å². The molecule has 0 aromatic heterocycles. The molecule has 7 heteroatoms. The van der Waals surface area contributed by atoms with Crippen LogP contribution in [0.5, 0.6) is 5.75 Å².